The van der Waals surface area contributed by atoms with Crippen LogP contribution in [0.2, 0.25) is 0 Å². The SMILES string of the molecule is CC(C)c1cccc(C(C)Nc2nccn3ncc(Br)c23)c1. The molecule has 0 bridgehead atoms. The molecule has 0 saturated carbocycles. The molecule has 5 heteroatoms. The maximum Gasteiger partial charge on any atom is 0.153 e. The Morgan fingerprint density at radius 1 is 1.18 bits per heavy atom. The van der Waals surface area contributed by atoms with Crippen molar-refractivity contribution in [3.8, 4) is 0 Å². The van der Waals surface area contributed by atoms with Crippen molar-refractivity contribution in [2.24, 2.45) is 0 Å². The van der Waals surface area contributed by atoms with Crippen molar-refractivity contribution in [3.05, 3.63) is 58.5 Å². The highest BCUT2D eigenvalue weighted by atomic mass is 79.9. The minimum Gasteiger partial charge on any atom is -0.362 e. The third-order valence-electron chi connectivity index (χ3n) is 3.82. The topological polar surface area (TPSA) is 42.2 Å². The summed E-state index contributed by atoms with van der Waals surface area (Å²) in [7, 11) is 0. The lowest BCUT2D eigenvalue weighted by molar-refractivity contribution is 0.836. The van der Waals surface area contributed by atoms with Crippen LogP contribution >= 0.6 is 15.9 Å². The van der Waals surface area contributed by atoms with Crippen LogP contribution in [0.15, 0.2) is 47.3 Å². The Morgan fingerprint density at radius 2 is 1.95 bits per heavy atom. The Hall–Kier alpha value is -1.88. The summed E-state index contributed by atoms with van der Waals surface area (Å²) in [6.07, 6.45) is 5.38. The van der Waals surface area contributed by atoms with Gasteiger partial charge in [-0.1, -0.05) is 38.1 Å². The lowest BCUT2D eigenvalue weighted by Crippen LogP contribution is -2.09. The fraction of sp³-hybridized carbons (Fsp3) is 0.294. The minimum absolute atomic E-state index is 0.166. The lowest BCUT2D eigenvalue weighted by Gasteiger charge is -2.17. The molecule has 0 radical (unpaired) electrons. The van der Waals surface area contributed by atoms with Crippen molar-refractivity contribution < 1.29 is 0 Å². The van der Waals surface area contributed by atoms with Gasteiger partial charge in [-0.15, -0.1) is 0 Å². The van der Waals surface area contributed by atoms with Crippen molar-refractivity contribution >= 4 is 27.3 Å². The zero-order chi connectivity index (χ0) is 15.7. The average molecular weight is 359 g/mol. The molecule has 4 nitrogen and oxygen atoms in total. The van der Waals surface area contributed by atoms with Crippen molar-refractivity contribution in [2.45, 2.75) is 32.7 Å². The second kappa shape index (κ2) is 6.08. The fourth-order valence-electron chi connectivity index (χ4n) is 2.49. The first kappa shape index (κ1) is 15.0. The van der Waals surface area contributed by atoms with Crippen LogP contribution in [0.4, 0.5) is 5.82 Å². The quantitative estimate of drug-likeness (QED) is 0.728. The van der Waals surface area contributed by atoms with Crippen LogP contribution in [0.5, 0.6) is 0 Å². The highest BCUT2D eigenvalue weighted by Gasteiger charge is 2.13. The number of hydrogen-bond donors (Lipinski definition) is 1. The summed E-state index contributed by atoms with van der Waals surface area (Å²) in [6.45, 7) is 6.57. The second-order valence-electron chi connectivity index (χ2n) is 5.75. The number of benzene rings is 1. The van der Waals surface area contributed by atoms with E-state index in [2.05, 4.69) is 76.4 Å². The maximum atomic E-state index is 4.46. The van der Waals surface area contributed by atoms with E-state index >= 15 is 0 Å². The zero-order valence-corrected chi connectivity index (χ0v) is 14.5. The van der Waals surface area contributed by atoms with Crippen LogP contribution in [0.25, 0.3) is 5.52 Å². The molecular weight excluding hydrogens is 340 g/mol. The Kier molecular flexibility index (Phi) is 4.16. The summed E-state index contributed by atoms with van der Waals surface area (Å²) in [4.78, 5) is 4.46. The average Bonchev–Trinajstić information content (AvgIpc) is 2.90. The van der Waals surface area contributed by atoms with Gasteiger partial charge in [0.25, 0.3) is 0 Å². The number of halogens is 1. The van der Waals surface area contributed by atoms with Gasteiger partial charge >= 0.3 is 0 Å². The van der Waals surface area contributed by atoms with E-state index in [0.29, 0.717) is 5.92 Å². The molecule has 22 heavy (non-hydrogen) atoms. The van der Waals surface area contributed by atoms with Crippen LogP contribution in [0.3, 0.4) is 0 Å². The van der Waals surface area contributed by atoms with Crippen LogP contribution in [-0.2, 0) is 0 Å². The molecule has 1 aromatic carbocycles. The van der Waals surface area contributed by atoms with Gasteiger partial charge in [-0.25, -0.2) is 9.50 Å². The maximum absolute atomic E-state index is 4.46. The molecular formula is C17H19BrN4. The van der Waals surface area contributed by atoms with Crippen LogP contribution in [-0.4, -0.2) is 14.6 Å². The van der Waals surface area contributed by atoms with Crippen LogP contribution in [0, 0.1) is 0 Å². The van der Waals surface area contributed by atoms with Crippen molar-refractivity contribution in [3.63, 3.8) is 0 Å². The molecule has 2 heterocycles. The van der Waals surface area contributed by atoms with Gasteiger partial charge in [-0.05, 0) is 39.9 Å². The molecule has 0 fully saturated rings. The monoisotopic (exact) mass is 358 g/mol. The summed E-state index contributed by atoms with van der Waals surface area (Å²) in [5.41, 5.74) is 3.56. The Bertz CT molecular complexity index is 794. The van der Waals surface area contributed by atoms with Gasteiger partial charge in [0.2, 0.25) is 0 Å². The molecule has 0 spiro atoms. The largest absolute Gasteiger partial charge is 0.362 e. The third kappa shape index (κ3) is 2.86. The molecule has 1 unspecified atom stereocenters. The van der Waals surface area contributed by atoms with E-state index in [1.807, 2.05) is 10.7 Å². The lowest BCUT2D eigenvalue weighted by atomic mass is 9.98. The molecule has 3 rings (SSSR count). The highest BCUT2D eigenvalue weighted by Crippen LogP contribution is 2.27. The van der Waals surface area contributed by atoms with Crippen molar-refractivity contribution in [2.75, 3.05) is 5.32 Å². The van der Waals surface area contributed by atoms with Gasteiger partial charge in [0.15, 0.2) is 5.82 Å². The summed E-state index contributed by atoms with van der Waals surface area (Å²) >= 11 is 3.53. The Morgan fingerprint density at radius 3 is 2.73 bits per heavy atom. The Balaban J connectivity index is 1.91. The molecule has 0 saturated heterocycles. The standard InChI is InChI=1S/C17H19BrN4/c1-11(2)13-5-4-6-14(9-13)12(3)21-17-16-15(18)10-20-22(16)8-7-19-17/h4-12H,1-3H3,(H,19,21). The van der Waals surface area contributed by atoms with Gasteiger partial charge in [-0.2, -0.15) is 5.10 Å². The van der Waals surface area contributed by atoms with E-state index in [4.69, 9.17) is 0 Å². The third-order valence-corrected chi connectivity index (χ3v) is 4.40. The molecule has 2 aromatic heterocycles. The van der Waals surface area contributed by atoms with E-state index in [1.54, 1.807) is 12.4 Å². The highest BCUT2D eigenvalue weighted by molar-refractivity contribution is 9.10. The predicted molar refractivity (Wildman–Crippen MR) is 93.3 cm³/mol. The normalized spacial score (nSPS) is 12.8. The van der Waals surface area contributed by atoms with Crippen LogP contribution in [0.1, 0.15) is 43.9 Å². The zero-order valence-electron chi connectivity index (χ0n) is 12.9. The first-order chi connectivity index (χ1) is 10.6. The molecule has 114 valence electrons. The van der Waals surface area contributed by atoms with E-state index in [0.717, 1.165) is 15.8 Å². The number of rotatable bonds is 4. The molecule has 3 aromatic rings. The number of fused-ring (bicyclic) bond motifs is 1. The van der Waals surface area contributed by atoms with Crippen molar-refractivity contribution in [1.29, 1.82) is 0 Å². The molecule has 0 aliphatic rings. The summed E-state index contributed by atoms with van der Waals surface area (Å²) < 4.78 is 2.75. The van der Waals surface area contributed by atoms with Gasteiger partial charge < -0.3 is 5.32 Å². The number of hydrogen-bond acceptors (Lipinski definition) is 3. The van der Waals surface area contributed by atoms with E-state index in [9.17, 15) is 0 Å². The summed E-state index contributed by atoms with van der Waals surface area (Å²) in [6, 6.07) is 8.86. The van der Waals surface area contributed by atoms with E-state index in [-0.39, 0.29) is 6.04 Å². The number of nitrogens with zero attached hydrogens (tertiary/aromatic N) is 3. The molecule has 0 aliphatic carbocycles. The fourth-order valence-corrected chi connectivity index (χ4v) is 2.95. The second-order valence-corrected chi connectivity index (χ2v) is 6.61. The van der Waals surface area contributed by atoms with Crippen LogP contribution < -0.4 is 5.32 Å². The molecule has 1 atom stereocenters. The summed E-state index contributed by atoms with van der Waals surface area (Å²) in [5.74, 6) is 1.35. The number of anilines is 1. The van der Waals surface area contributed by atoms with Crippen molar-refractivity contribution in [1.82, 2.24) is 14.6 Å². The number of aromatic nitrogens is 3. The minimum atomic E-state index is 0.166. The first-order valence-electron chi connectivity index (χ1n) is 7.40. The molecule has 0 amide bonds. The summed E-state index contributed by atoms with van der Waals surface area (Å²) in [5, 5.41) is 7.78. The van der Waals surface area contributed by atoms with Gasteiger partial charge in [0, 0.05) is 12.4 Å². The number of nitrogens with one attached hydrogen (secondary N) is 1. The predicted octanol–water partition coefficient (Wildman–Crippen LogP) is 4.79. The van der Waals surface area contributed by atoms with Gasteiger partial charge in [0.05, 0.1) is 16.7 Å². The molecule has 1 N–H and O–H groups in total. The molecule has 0 aliphatic heterocycles. The van der Waals surface area contributed by atoms with E-state index < -0.39 is 0 Å². The Labute approximate surface area is 138 Å². The van der Waals surface area contributed by atoms with Gasteiger partial charge in [0.1, 0.15) is 5.52 Å². The first-order valence-corrected chi connectivity index (χ1v) is 8.20. The van der Waals surface area contributed by atoms with E-state index in [1.165, 1.54) is 11.1 Å². The smallest absolute Gasteiger partial charge is 0.153 e. The van der Waals surface area contributed by atoms with Gasteiger partial charge in [-0.3, -0.25) is 0 Å².